The average Bonchev–Trinajstić information content (AvgIpc) is 2.82. The van der Waals surface area contributed by atoms with Crippen molar-refractivity contribution in [1.82, 2.24) is 0 Å². The van der Waals surface area contributed by atoms with Crippen molar-refractivity contribution in [2.75, 3.05) is 21.3 Å². The molecule has 0 saturated heterocycles. The van der Waals surface area contributed by atoms with Crippen molar-refractivity contribution < 1.29 is 19.0 Å². The standard InChI is InChI=1S/C24H22N2O4/c1-28-20-10-4-17(5-11-20)16-25-26-23(18-6-12-21(29-2)13-7-18)24(27)19-8-14-22(30-3)15-9-19/h4-16H,1-3H3/b25-16+,26-23+. The SMILES string of the molecule is COc1ccc(/C=N/N=C(/C(=O)c2ccc(OC)cc2)c2ccc(OC)cc2)cc1. The summed E-state index contributed by atoms with van der Waals surface area (Å²) in [6.07, 6.45) is 1.59. The monoisotopic (exact) mass is 402 g/mol. The van der Waals surface area contributed by atoms with Crippen molar-refractivity contribution in [3.05, 3.63) is 89.5 Å². The minimum Gasteiger partial charge on any atom is -0.497 e. The number of ether oxygens (including phenoxy) is 3. The van der Waals surface area contributed by atoms with Gasteiger partial charge in [0.15, 0.2) is 0 Å². The fraction of sp³-hybridized carbons (Fsp3) is 0.125. The first kappa shape index (κ1) is 20.8. The van der Waals surface area contributed by atoms with Gasteiger partial charge in [0.25, 0.3) is 0 Å². The summed E-state index contributed by atoms with van der Waals surface area (Å²) in [5.74, 6) is 1.88. The normalized spacial score (nSPS) is 11.4. The van der Waals surface area contributed by atoms with Gasteiger partial charge in [0, 0.05) is 11.1 Å². The summed E-state index contributed by atoms with van der Waals surface area (Å²) < 4.78 is 15.5. The number of ketones is 1. The largest absolute Gasteiger partial charge is 0.497 e. The van der Waals surface area contributed by atoms with Crippen LogP contribution in [-0.2, 0) is 0 Å². The van der Waals surface area contributed by atoms with Crippen LogP contribution in [0.15, 0.2) is 83.0 Å². The fourth-order valence-electron chi connectivity index (χ4n) is 2.71. The fourth-order valence-corrected chi connectivity index (χ4v) is 2.71. The van der Waals surface area contributed by atoms with Gasteiger partial charge in [0.2, 0.25) is 5.78 Å². The third kappa shape index (κ3) is 5.11. The summed E-state index contributed by atoms with van der Waals surface area (Å²) in [5, 5.41) is 8.38. The van der Waals surface area contributed by atoms with E-state index >= 15 is 0 Å². The number of hydrogen-bond donors (Lipinski definition) is 0. The van der Waals surface area contributed by atoms with Crippen LogP contribution in [0.2, 0.25) is 0 Å². The van der Waals surface area contributed by atoms with E-state index in [-0.39, 0.29) is 11.5 Å². The molecule has 3 aromatic rings. The van der Waals surface area contributed by atoms with Crippen LogP contribution in [0.5, 0.6) is 17.2 Å². The quantitative estimate of drug-likeness (QED) is 0.318. The molecule has 0 aliphatic carbocycles. The van der Waals surface area contributed by atoms with Gasteiger partial charge in [-0.25, -0.2) is 0 Å². The van der Waals surface area contributed by atoms with Gasteiger partial charge < -0.3 is 14.2 Å². The van der Waals surface area contributed by atoms with Gasteiger partial charge in [-0.1, -0.05) is 0 Å². The molecule has 0 fully saturated rings. The smallest absolute Gasteiger partial charge is 0.213 e. The molecule has 0 radical (unpaired) electrons. The molecule has 0 N–H and O–H groups in total. The molecule has 0 heterocycles. The number of Topliss-reactive ketones (excluding diaryl/α,β-unsaturated/α-hetero) is 1. The lowest BCUT2D eigenvalue weighted by Crippen LogP contribution is -2.15. The van der Waals surface area contributed by atoms with Gasteiger partial charge in [-0.3, -0.25) is 4.79 Å². The molecule has 3 aromatic carbocycles. The summed E-state index contributed by atoms with van der Waals surface area (Å²) in [6, 6.07) is 21.4. The van der Waals surface area contributed by atoms with E-state index in [1.165, 1.54) is 0 Å². The zero-order valence-corrected chi connectivity index (χ0v) is 17.0. The van der Waals surface area contributed by atoms with Crippen LogP contribution < -0.4 is 14.2 Å². The summed E-state index contributed by atoms with van der Waals surface area (Å²) in [5.41, 5.74) is 2.20. The van der Waals surface area contributed by atoms with Crippen LogP contribution in [-0.4, -0.2) is 39.0 Å². The van der Waals surface area contributed by atoms with Crippen LogP contribution in [0, 0.1) is 0 Å². The Kier molecular flexibility index (Phi) is 6.95. The molecule has 6 nitrogen and oxygen atoms in total. The Bertz CT molecular complexity index is 1040. The first-order chi connectivity index (χ1) is 14.6. The average molecular weight is 402 g/mol. The zero-order chi connectivity index (χ0) is 21.3. The number of nitrogens with zero attached hydrogens (tertiary/aromatic N) is 2. The van der Waals surface area contributed by atoms with Crippen molar-refractivity contribution in [3.63, 3.8) is 0 Å². The van der Waals surface area contributed by atoms with E-state index in [9.17, 15) is 4.79 Å². The Morgan fingerprint density at radius 1 is 0.667 bits per heavy atom. The van der Waals surface area contributed by atoms with Gasteiger partial charge in [-0.2, -0.15) is 5.10 Å². The van der Waals surface area contributed by atoms with Crippen molar-refractivity contribution in [2.45, 2.75) is 0 Å². The third-order valence-electron chi connectivity index (χ3n) is 4.41. The molecule has 0 aromatic heterocycles. The van der Waals surface area contributed by atoms with Gasteiger partial charge in [0.05, 0.1) is 27.5 Å². The van der Waals surface area contributed by atoms with Crippen molar-refractivity contribution >= 4 is 17.7 Å². The molecule has 30 heavy (non-hydrogen) atoms. The second-order valence-electron chi connectivity index (χ2n) is 6.25. The molecule has 0 spiro atoms. The van der Waals surface area contributed by atoms with E-state index in [1.54, 1.807) is 76.1 Å². The minimum atomic E-state index is -0.241. The highest BCUT2D eigenvalue weighted by Crippen LogP contribution is 2.17. The molecule has 0 amide bonds. The third-order valence-corrected chi connectivity index (χ3v) is 4.41. The van der Waals surface area contributed by atoms with Crippen LogP contribution >= 0.6 is 0 Å². The maximum absolute atomic E-state index is 13.1. The predicted molar refractivity (Wildman–Crippen MR) is 117 cm³/mol. The Hall–Kier alpha value is -3.93. The Labute approximate surface area is 175 Å². The van der Waals surface area contributed by atoms with E-state index < -0.39 is 0 Å². The topological polar surface area (TPSA) is 69.5 Å². The molecule has 6 heteroatoms. The molecule has 0 aliphatic heterocycles. The Balaban J connectivity index is 1.93. The van der Waals surface area contributed by atoms with Crippen molar-refractivity contribution in [3.8, 4) is 17.2 Å². The summed E-state index contributed by atoms with van der Waals surface area (Å²) in [7, 11) is 4.78. The zero-order valence-electron chi connectivity index (χ0n) is 17.0. The summed E-state index contributed by atoms with van der Waals surface area (Å²) in [4.78, 5) is 13.1. The molecule has 152 valence electrons. The van der Waals surface area contributed by atoms with Crippen molar-refractivity contribution in [1.29, 1.82) is 0 Å². The van der Waals surface area contributed by atoms with E-state index in [2.05, 4.69) is 10.2 Å². The Morgan fingerprint density at radius 2 is 1.10 bits per heavy atom. The van der Waals surface area contributed by atoms with Gasteiger partial charge >= 0.3 is 0 Å². The summed E-state index contributed by atoms with van der Waals surface area (Å²) >= 11 is 0. The van der Waals surface area contributed by atoms with Crippen LogP contribution in [0.25, 0.3) is 0 Å². The predicted octanol–water partition coefficient (Wildman–Crippen LogP) is 4.42. The van der Waals surface area contributed by atoms with Crippen LogP contribution in [0.4, 0.5) is 0 Å². The highest BCUT2D eigenvalue weighted by molar-refractivity contribution is 6.51. The second kappa shape index (κ2) is 10.0. The maximum atomic E-state index is 13.1. The minimum absolute atomic E-state index is 0.229. The molecular weight excluding hydrogens is 380 g/mol. The van der Waals surface area contributed by atoms with Crippen LogP contribution in [0.1, 0.15) is 21.5 Å². The molecule has 3 rings (SSSR count). The molecule has 0 saturated carbocycles. The number of carbonyl (C=O) groups is 1. The Morgan fingerprint density at radius 3 is 1.57 bits per heavy atom. The molecule has 0 unspecified atom stereocenters. The van der Waals surface area contributed by atoms with Crippen LogP contribution in [0.3, 0.4) is 0 Å². The molecule has 0 aliphatic rings. The first-order valence-corrected chi connectivity index (χ1v) is 9.23. The van der Waals surface area contributed by atoms with Gasteiger partial charge in [-0.15, -0.1) is 5.10 Å². The lowest BCUT2D eigenvalue weighted by Gasteiger charge is -2.07. The van der Waals surface area contributed by atoms with Gasteiger partial charge in [-0.05, 0) is 78.4 Å². The number of carbonyl (C=O) groups excluding carboxylic acids is 1. The number of methoxy groups -OCH3 is 3. The lowest BCUT2D eigenvalue weighted by atomic mass is 10.0. The molecular formula is C24H22N2O4. The highest BCUT2D eigenvalue weighted by Gasteiger charge is 2.17. The van der Waals surface area contributed by atoms with Crippen molar-refractivity contribution in [2.24, 2.45) is 10.2 Å². The number of hydrogen-bond acceptors (Lipinski definition) is 6. The van der Waals surface area contributed by atoms with E-state index in [0.29, 0.717) is 22.6 Å². The van der Waals surface area contributed by atoms with E-state index in [1.807, 2.05) is 24.3 Å². The highest BCUT2D eigenvalue weighted by atomic mass is 16.5. The lowest BCUT2D eigenvalue weighted by molar-refractivity contribution is 0.106. The summed E-state index contributed by atoms with van der Waals surface area (Å²) in [6.45, 7) is 0. The first-order valence-electron chi connectivity index (χ1n) is 9.23. The number of benzene rings is 3. The van der Waals surface area contributed by atoms with E-state index in [4.69, 9.17) is 14.2 Å². The molecule has 0 bridgehead atoms. The maximum Gasteiger partial charge on any atom is 0.213 e. The molecule has 0 atom stereocenters. The van der Waals surface area contributed by atoms with E-state index in [0.717, 1.165) is 11.3 Å². The number of rotatable bonds is 8. The van der Waals surface area contributed by atoms with Gasteiger partial charge in [0.1, 0.15) is 23.0 Å². The second-order valence-corrected chi connectivity index (χ2v) is 6.25.